The quantitative estimate of drug-likeness (QED) is 0.809. The van der Waals surface area contributed by atoms with Gasteiger partial charge < -0.3 is 15.0 Å². The lowest BCUT2D eigenvalue weighted by Crippen LogP contribution is -2.31. The van der Waals surface area contributed by atoms with Crippen molar-refractivity contribution in [2.45, 2.75) is 12.8 Å². The lowest BCUT2D eigenvalue weighted by Gasteiger charge is -2.12. The minimum absolute atomic E-state index is 0.0110. The van der Waals surface area contributed by atoms with Crippen LogP contribution in [0.15, 0.2) is 18.2 Å². The highest BCUT2D eigenvalue weighted by molar-refractivity contribution is 5.78. The Labute approximate surface area is 120 Å². The van der Waals surface area contributed by atoms with Crippen molar-refractivity contribution >= 4 is 12.0 Å². The Morgan fingerprint density at radius 1 is 1.33 bits per heavy atom. The first-order valence-corrected chi connectivity index (χ1v) is 6.68. The third kappa shape index (κ3) is 4.40. The van der Waals surface area contributed by atoms with Crippen molar-refractivity contribution in [3.8, 4) is 0 Å². The summed E-state index contributed by atoms with van der Waals surface area (Å²) in [6, 6.07) is 3.38. The number of carbonyl (C=O) groups excluding carboxylic acids is 2. The van der Waals surface area contributed by atoms with Crippen LogP contribution in [0.3, 0.4) is 0 Å². The Hall–Kier alpha value is -2.18. The van der Waals surface area contributed by atoms with Crippen LogP contribution in [0.2, 0.25) is 0 Å². The van der Waals surface area contributed by atoms with Crippen molar-refractivity contribution in [3.63, 3.8) is 0 Å². The fourth-order valence-electron chi connectivity index (χ4n) is 2.02. The second-order valence-corrected chi connectivity index (χ2v) is 4.73. The fraction of sp³-hybridized carbons (Fsp3) is 0.429. The zero-order chi connectivity index (χ0) is 15.2. The van der Waals surface area contributed by atoms with Crippen LogP contribution in [0.5, 0.6) is 0 Å². The van der Waals surface area contributed by atoms with E-state index < -0.39 is 11.6 Å². The van der Waals surface area contributed by atoms with Gasteiger partial charge in [-0.3, -0.25) is 4.79 Å². The molecular formula is C14H16F2N2O3. The molecule has 1 aromatic carbocycles. The molecule has 0 saturated carbocycles. The number of cyclic esters (lactones) is 1. The van der Waals surface area contributed by atoms with E-state index in [9.17, 15) is 18.4 Å². The standard InChI is InChI=1S/C14H16F2N2O3/c15-11-3-2-10(8-12(11)16)9-13(19)17-4-1-5-18-6-7-21-14(18)20/h2-3,8H,1,4-7,9H2,(H,17,19). The van der Waals surface area contributed by atoms with Crippen LogP contribution in [0.25, 0.3) is 0 Å². The Morgan fingerprint density at radius 2 is 2.14 bits per heavy atom. The average molecular weight is 298 g/mol. The second-order valence-electron chi connectivity index (χ2n) is 4.73. The lowest BCUT2D eigenvalue weighted by atomic mass is 10.1. The number of ether oxygens (including phenoxy) is 1. The van der Waals surface area contributed by atoms with Crippen LogP contribution in [0, 0.1) is 11.6 Å². The summed E-state index contributed by atoms with van der Waals surface area (Å²) < 4.78 is 30.5. The number of hydrogen-bond donors (Lipinski definition) is 1. The molecule has 1 aliphatic heterocycles. The molecule has 2 rings (SSSR count). The molecule has 0 aliphatic carbocycles. The molecule has 1 aromatic rings. The van der Waals surface area contributed by atoms with Crippen molar-refractivity contribution in [2.75, 3.05) is 26.2 Å². The van der Waals surface area contributed by atoms with Crippen molar-refractivity contribution in [3.05, 3.63) is 35.4 Å². The highest BCUT2D eigenvalue weighted by Crippen LogP contribution is 2.09. The van der Waals surface area contributed by atoms with Gasteiger partial charge in [-0.1, -0.05) is 6.07 Å². The molecular weight excluding hydrogens is 282 g/mol. The van der Waals surface area contributed by atoms with Crippen molar-refractivity contribution < 1.29 is 23.1 Å². The normalized spacial score (nSPS) is 14.2. The van der Waals surface area contributed by atoms with Crippen LogP contribution in [-0.2, 0) is 16.0 Å². The monoisotopic (exact) mass is 298 g/mol. The average Bonchev–Trinajstić information content (AvgIpc) is 2.85. The van der Waals surface area contributed by atoms with Gasteiger partial charge in [0.1, 0.15) is 6.61 Å². The van der Waals surface area contributed by atoms with Crippen molar-refractivity contribution in [2.24, 2.45) is 0 Å². The zero-order valence-corrected chi connectivity index (χ0v) is 11.4. The number of rotatable bonds is 6. The molecule has 2 amide bonds. The van der Waals surface area contributed by atoms with E-state index in [-0.39, 0.29) is 18.4 Å². The number of carbonyl (C=O) groups is 2. The number of hydrogen-bond acceptors (Lipinski definition) is 3. The molecule has 0 radical (unpaired) electrons. The number of amides is 2. The fourth-order valence-corrected chi connectivity index (χ4v) is 2.02. The van der Waals surface area contributed by atoms with Gasteiger partial charge in [0.05, 0.1) is 13.0 Å². The number of halogens is 2. The van der Waals surface area contributed by atoms with Crippen LogP contribution in [0.1, 0.15) is 12.0 Å². The number of nitrogens with zero attached hydrogens (tertiary/aromatic N) is 1. The number of nitrogens with one attached hydrogen (secondary N) is 1. The van der Waals surface area contributed by atoms with Crippen LogP contribution < -0.4 is 5.32 Å². The maximum absolute atomic E-state index is 13.0. The van der Waals surface area contributed by atoms with Gasteiger partial charge >= 0.3 is 6.09 Å². The lowest BCUT2D eigenvalue weighted by molar-refractivity contribution is -0.120. The molecule has 0 atom stereocenters. The van der Waals surface area contributed by atoms with E-state index in [2.05, 4.69) is 5.32 Å². The van der Waals surface area contributed by atoms with Gasteiger partial charge in [0, 0.05) is 13.1 Å². The highest BCUT2D eigenvalue weighted by atomic mass is 19.2. The van der Waals surface area contributed by atoms with Gasteiger partial charge in [-0.05, 0) is 24.1 Å². The van der Waals surface area contributed by atoms with Gasteiger partial charge in [-0.2, -0.15) is 0 Å². The first kappa shape index (κ1) is 15.2. The van der Waals surface area contributed by atoms with E-state index in [1.165, 1.54) is 6.07 Å². The summed E-state index contributed by atoms with van der Waals surface area (Å²) in [5.74, 6) is -2.17. The van der Waals surface area contributed by atoms with Gasteiger partial charge in [0.15, 0.2) is 11.6 Å². The topological polar surface area (TPSA) is 58.6 Å². The summed E-state index contributed by atoms with van der Waals surface area (Å²) in [5.41, 5.74) is 0.412. The molecule has 7 heteroatoms. The third-order valence-electron chi connectivity index (χ3n) is 3.12. The second kappa shape index (κ2) is 7.01. The third-order valence-corrected chi connectivity index (χ3v) is 3.12. The molecule has 0 bridgehead atoms. The minimum atomic E-state index is -0.965. The molecule has 0 aromatic heterocycles. The van der Waals surface area contributed by atoms with Gasteiger partial charge in [0.25, 0.3) is 0 Å². The molecule has 1 aliphatic rings. The molecule has 21 heavy (non-hydrogen) atoms. The SMILES string of the molecule is O=C(Cc1ccc(F)c(F)c1)NCCCN1CCOC1=O. The summed E-state index contributed by atoms with van der Waals surface area (Å²) in [5, 5.41) is 2.67. The number of benzene rings is 1. The van der Waals surface area contributed by atoms with E-state index >= 15 is 0 Å². The van der Waals surface area contributed by atoms with E-state index in [1.54, 1.807) is 4.90 Å². The predicted octanol–water partition coefficient (Wildman–Crippen LogP) is 1.47. The van der Waals surface area contributed by atoms with E-state index in [1.807, 2.05) is 0 Å². The van der Waals surface area contributed by atoms with Crippen molar-refractivity contribution in [1.82, 2.24) is 10.2 Å². The molecule has 114 valence electrons. The zero-order valence-electron chi connectivity index (χ0n) is 11.4. The van der Waals surface area contributed by atoms with Gasteiger partial charge in [-0.25, -0.2) is 13.6 Å². The summed E-state index contributed by atoms with van der Waals surface area (Å²) in [6.45, 7) is 1.90. The largest absolute Gasteiger partial charge is 0.448 e. The van der Waals surface area contributed by atoms with E-state index in [4.69, 9.17) is 4.74 Å². The van der Waals surface area contributed by atoms with Crippen LogP contribution in [-0.4, -0.2) is 43.1 Å². The van der Waals surface area contributed by atoms with Crippen LogP contribution in [0.4, 0.5) is 13.6 Å². The highest BCUT2D eigenvalue weighted by Gasteiger charge is 2.20. The maximum atomic E-state index is 13.0. The molecule has 1 N–H and O–H groups in total. The Balaban J connectivity index is 1.67. The van der Waals surface area contributed by atoms with E-state index in [0.29, 0.717) is 38.2 Å². The summed E-state index contributed by atoms with van der Waals surface area (Å²) >= 11 is 0. The molecule has 0 spiro atoms. The minimum Gasteiger partial charge on any atom is -0.448 e. The molecule has 1 saturated heterocycles. The summed E-state index contributed by atoms with van der Waals surface area (Å²) in [4.78, 5) is 24.4. The maximum Gasteiger partial charge on any atom is 0.409 e. The summed E-state index contributed by atoms with van der Waals surface area (Å²) in [7, 11) is 0. The molecule has 1 fully saturated rings. The first-order valence-electron chi connectivity index (χ1n) is 6.68. The predicted molar refractivity (Wildman–Crippen MR) is 70.6 cm³/mol. The van der Waals surface area contributed by atoms with Gasteiger partial charge in [0.2, 0.25) is 5.91 Å². The smallest absolute Gasteiger partial charge is 0.409 e. The molecule has 1 heterocycles. The Morgan fingerprint density at radius 3 is 2.81 bits per heavy atom. The molecule has 0 unspecified atom stereocenters. The summed E-state index contributed by atoms with van der Waals surface area (Å²) in [6.07, 6.45) is 0.268. The van der Waals surface area contributed by atoms with Crippen LogP contribution >= 0.6 is 0 Å². The van der Waals surface area contributed by atoms with Crippen molar-refractivity contribution in [1.29, 1.82) is 0 Å². The first-order chi connectivity index (χ1) is 10.1. The Bertz CT molecular complexity index is 537. The molecule has 5 nitrogen and oxygen atoms in total. The Kier molecular flexibility index (Phi) is 5.08. The van der Waals surface area contributed by atoms with Gasteiger partial charge in [-0.15, -0.1) is 0 Å². The van der Waals surface area contributed by atoms with E-state index in [0.717, 1.165) is 12.1 Å².